The van der Waals surface area contributed by atoms with E-state index in [1.807, 2.05) is 17.5 Å². The zero-order chi connectivity index (χ0) is 16.2. The fourth-order valence-electron chi connectivity index (χ4n) is 1.87. The van der Waals surface area contributed by atoms with Gasteiger partial charge in [-0.3, -0.25) is 4.79 Å². The Hall–Kier alpha value is -1.70. The fraction of sp³-hybridized carbons (Fsp3) is 0.267. The molecule has 0 bridgehead atoms. The average molecular weight is 338 g/mol. The van der Waals surface area contributed by atoms with Crippen molar-refractivity contribution in [3.63, 3.8) is 0 Å². The van der Waals surface area contributed by atoms with Crippen molar-refractivity contribution < 1.29 is 13.2 Å². The van der Waals surface area contributed by atoms with Gasteiger partial charge in [0.2, 0.25) is 10.0 Å². The molecule has 1 aromatic carbocycles. The molecule has 0 aliphatic heterocycles. The Morgan fingerprint density at radius 2 is 2.00 bits per heavy atom. The summed E-state index contributed by atoms with van der Waals surface area (Å²) in [5, 5.41) is 4.71. The summed E-state index contributed by atoms with van der Waals surface area (Å²) >= 11 is 1.55. The maximum absolute atomic E-state index is 12.1. The molecule has 0 saturated carbocycles. The molecule has 0 unspecified atom stereocenters. The second-order valence-corrected chi connectivity index (χ2v) is 7.81. The third-order valence-corrected chi connectivity index (χ3v) is 5.33. The van der Waals surface area contributed by atoms with Crippen LogP contribution in [0.5, 0.6) is 0 Å². The number of thiophene rings is 1. The minimum absolute atomic E-state index is 0.0879. The lowest BCUT2D eigenvalue weighted by molar-refractivity contribution is 0.0951. The number of benzene rings is 1. The molecule has 0 aliphatic rings. The van der Waals surface area contributed by atoms with Crippen molar-refractivity contribution in [1.29, 1.82) is 0 Å². The molecule has 5 nitrogen and oxygen atoms in total. The zero-order valence-electron chi connectivity index (χ0n) is 12.4. The van der Waals surface area contributed by atoms with Gasteiger partial charge in [0, 0.05) is 16.5 Å². The van der Waals surface area contributed by atoms with Gasteiger partial charge in [0.15, 0.2) is 0 Å². The fourth-order valence-corrected chi connectivity index (χ4v) is 3.81. The van der Waals surface area contributed by atoms with Gasteiger partial charge in [-0.05, 0) is 43.5 Å². The standard InChI is InChI=1S/C15H18N2O3S2/c1-11(2)17-22(19,20)14-7-3-5-12(9-14)15(18)16-10-13-6-4-8-21-13/h3-9,11,17H,10H2,1-2H3,(H,16,18). The Morgan fingerprint density at radius 1 is 1.23 bits per heavy atom. The van der Waals surface area contributed by atoms with Crippen LogP contribution < -0.4 is 10.0 Å². The Labute approximate surface area is 134 Å². The van der Waals surface area contributed by atoms with Gasteiger partial charge in [0.05, 0.1) is 11.4 Å². The predicted octanol–water partition coefficient (Wildman–Crippen LogP) is 2.36. The van der Waals surface area contributed by atoms with Crippen LogP contribution >= 0.6 is 11.3 Å². The second-order valence-electron chi connectivity index (χ2n) is 5.07. The SMILES string of the molecule is CC(C)NS(=O)(=O)c1cccc(C(=O)NCc2cccs2)c1. The lowest BCUT2D eigenvalue weighted by Crippen LogP contribution is -2.30. The number of rotatable bonds is 6. The van der Waals surface area contributed by atoms with Crippen molar-refractivity contribution >= 4 is 27.3 Å². The molecule has 0 atom stereocenters. The van der Waals surface area contributed by atoms with Gasteiger partial charge in [-0.1, -0.05) is 12.1 Å². The molecule has 0 aliphatic carbocycles. The molecule has 1 aromatic heterocycles. The number of carbonyl (C=O) groups excluding carboxylic acids is 1. The molecule has 0 saturated heterocycles. The first-order valence-corrected chi connectivity index (χ1v) is 9.18. The van der Waals surface area contributed by atoms with E-state index in [0.29, 0.717) is 12.1 Å². The molecule has 118 valence electrons. The topological polar surface area (TPSA) is 75.3 Å². The minimum atomic E-state index is -3.60. The average Bonchev–Trinajstić information content (AvgIpc) is 2.97. The number of hydrogen-bond acceptors (Lipinski definition) is 4. The molecule has 0 fully saturated rings. The van der Waals surface area contributed by atoms with Gasteiger partial charge in [-0.25, -0.2) is 13.1 Å². The van der Waals surface area contributed by atoms with Crippen molar-refractivity contribution in [1.82, 2.24) is 10.0 Å². The monoisotopic (exact) mass is 338 g/mol. The Bertz CT molecular complexity index is 738. The molecule has 7 heteroatoms. The van der Waals surface area contributed by atoms with E-state index in [2.05, 4.69) is 10.0 Å². The smallest absolute Gasteiger partial charge is 0.251 e. The molecule has 1 heterocycles. The van der Waals surface area contributed by atoms with Gasteiger partial charge >= 0.3 is 0 Å². The van der Waals surface area contributed by atoms with E-state index in [0.717, 1.165) is 4.88 Å². The van der Waals surface area contributed by atoms with Gasteiger partial charge in [-0.2, -0.15) is 0 Å². The van der Waals surface area contributed by atoms with E-state index >= 15 is 0 Å². The second kappa shape index (κ2) is 7.04. The van der Waals surface area contributed by atoms with Crippen molar-refractivity contribution in [2.45, 2.75) is 31.3 Å². The molecule has 2 N–H and O–H groups in total. The maximum atomic E-state index is 12.1. The van der Waals surface area contributed by atoms with Crippen LogP contribution in [0.3, 0.4) is 0 Å². The third kappa shape index (κ3) is 4.40. The summed E-state index contributed by atoms with van der Waals surface area (Å²) in [7, 11) is -3.60. The molecular formula is C15H18N2O3S2. The highest BCUT2D eigenvalue weighted by molar-refractivity contribution is 7.89. The van der Waals surface area contributed by atoms with Crippen LogP contribution in [0.4, 0.5) is 0 Å². The molecule has 2 aromatic rings. The summed E-state index contributed by atoms with van der Waals surface area (Å²) < 4.78 is 26.7. The Kier molecular flexibility index (Phi) is 5.33. The summed E-state index contributed by atoms with van der Waals surface area (Å²) in [6.45, 7) is 3.92. The molecule has 0 radical (unpaired) electrons. The lowest BCUT2D eigenvalue weighted by Gasteiger charge is -2.10. The van der Waals surface area contributed by atoms with Crippen molar-refractivity contribution in [2.75, 3.05) is 0 Å². The van der Waals surface area contributed by atoms with Crippen LogP contribution in [0.2, 0.25) is 0 Å². The molecular weight excluding hydrogens is 320 g/mol. The summed E-state index contributed by atoms with van der Waals surface area (Å²) in [5.74, 6) is -0.296. The van der Waals surface area contributed by atoms with E-state index in [9.17, 15) is 13.2 Å². The highest BCUT2D eigenvalue weighted by Gasteiger charge is 2.17. The van der Waals surface area contributed by atoms with Crippen molar-refractivity contribution in [3.8, 4) is 0 Å². The van der Waals surface area contributed by atoms with Gasteiger partial charge in [0.1, 0.15) is 0 Å². The van der Waals surface area contributed by atoms with E-state index < -0.39 is 10.0 Å². The van der Waals surface area contributed by atoms with Gasteiger partial charge in [0.25, 0.3) is 5.91 Å². The lowest BCUT2D eigenvalue weighted by atomic mass is 10.2. The van der Waals surface area contributed by atoms with Gasteiger partial charge in [-0.15, -0.1) is 11.3 Å². The first-order chi connectivity index (χ1) is 10.4. The van der Waals surface area contributed by atoms with E-state index in [4.69, 9.17) is 0 Å². The van der Waals surface area contributed by atoms with E-state index in [1.54, 1.807) is 37.3 Å². The van der Waals surface area contributed by atoms with Crippen LogP contribution in [0.25, 0.3) is 0 Å². The number of sulfonamides is 1. The normalized spacial score (nSPS) is 11.6. The van der Waals surface area contributed by atoms with Gasteiger partial charge < -0.3 is 5.32 Å². The minimum Gasteiger partial charge on any atom is -0.347 e. The number of carbonyl (C=O) groups is 1. The van der Waals surface area contributed by atoms with Crippen LogP contribution in [0.1, 0.15) is 29.1 Å². The molecule has 1 amide bonds. The predicted molar refractivity (Wildman–Crippen MR) is 87.4 cm³/mol. The summed E-state index contributed by atoms with van der Waals surface area (Å²) in [6.07, 6.45) is 0. The van der Waals surface area contributed by atoms with Crippen LogP contribution in [-0.4, -0.2) is 20.4 Å². The zero-order valence-corrected chi connectivity index (χ0v) is 14.0. The Balaban J connectivity index is 2.12. The Morgan fingerprint density at radius 3 is 2.64 bits per heavy atom. The van der Waals surface area contributed by atoms with Crippen LogP contribution in [0, 0.1) is 0 Å². The first kappa shape index (κ1) is 16.7. The largest absolute Gasteiger partial charge is 0.347 e. The van der Waals surface area contributed by atoms with Crippen LogP contribution in [-0.2, 0) is 16.6 Å². The number of nitrogens with one attached hydrogen (secondary N) is 2. The molecule has 0 spiro atoms. The highest BCUT2D eigenvalue weighted by atomic mass is 32.2. The van der Waals surface area contributed by atoms with E-state index in [1.165, 1.54) is 12.1 Å². The number of amides is 1. The first-order valence-electron chi connectivity index (χ1n) is 6.81. The molecule has 22 heavy (non-hydrogen) atoms. The van der Waals surface area contributed by atoms with Crippen LogP contribution in [0.15, 0.2) is 46.7 Å². The summed E-state index contributed by atoms with van der Waals surface area (Å²) in [4.78, 5) is 13.2. The maximum Gasteiger partial charge on any atom is 0.251 e. The molecule has 2 rings (SSSR count). The summed E-state index contributed by atoms with van der Waals surface area (Å²) in [5.41, 5.74) is 0.322. The summed E-state index contributed by atoms with van der Waals surface area (Å²) in [6, 6.07) is 9.65. The number of hydrogen-bond donors (Lipinski definition) is 2. The van der Waals surface area contributed by atoms with Crippen molar-refractivity contribution in [2.24, 2.45) is 0 Å². The quantitative estimate of drug-likeness (QED) is 0.849. The van der Waals surface area contributed by atoms with Crippen molar-refractivity contribution in [3.05, 3.63) is 52.2 Å². The highest BCUT2D eigenvalue weighted by Crippen LogP contribution is 2.13. The van der Waals surface area contributed by atoms with E-state index in [-0.39, 0.29) is 16.8 Å². The third-order valence-electron chi connectivity index (χ3n) is 2.80.